The average molecular weight is 227 g/mol. The molecule has 1 saturated heterocycles. The number of hydrogen-bond donors (Lipinski definition) is 1. The lowest BCUT2D eigenvalue weighted by Gasteiger charge is -2.22. The first-order valence-corrected chi connectivity index (χ1v) is 5.96. The number of nitrogens with one attached hydrogen (secondary N) is 1. The van der Waals surface area contributed by atoms with Crippen molar-refractivity contribution in [2.45, 2.75) is 13.0 Å². The van der Waals surface area contributed by atoms with Crippen molar-refractivity contribution in [2.75, 3.05) is 38.8 Å². The summed E-state index contributed by atoms with van der Waals surface area (Å²) in [5.74, 6) is 0. The maximum absolute atomic E-state index is 5.46. The molecule has 0 spiro atoms. The van der Waals surface area contributed by atoms with Crippen molar-refractivity contribution in [1.82, 2.24) is 10.3 Å². The van der Waals surface area contributed by atoms with Crippen LogP contribution in [0.3, 0.4) is 0 Å². The second kappa shape index (κ2) is 4.47. The molecule has 84 valence electrons. The second-order valence-electron chi connectivity index (χ2n) is 3.92. The van der Waals surface area contributed by atoms with Crippen molar-refractivity contribution in [3.05, 3.63) is 10.6 Å². The van der Waals surface area contributed by atoms with Crippen LogP contribution in [0.4, 0.5) is 5.13 Å². The first kappa shape index (κ1) is 10.9. The lowest BCUT2D eigenvalue weighted by atomic mass is 10.2. The van der Waals surface area contributed by atoms with Gasteiger partial charge in [-0.1, -0.05) is 11.3 Å². The third-order valence-electron chi connectivity index (χ3n) is 2.44. The van der Waals surface area contributed by atoms with Crippen molar-refractivity contribution in [1.29, 1.82) is 0 Å². The Morgan fingerprint density at radius 3 is 2.87 bits per heavy atom. The summed E-state index contributed by atoms with van der Waals surface area (Å²) in [6.07, 6.45) is 0. The second-order valence-corrected chi connectivity index (χ2v) is 4.93. The molecule has 1 fully saturated rings. The summed E-state index contributed by atoms with van der Waals surface area (Å²) in [4.78, 5) is 7.88. The summed E-state index contributed by atoms with van der Waals surface area (Å²) in [7, 11) is 4.04. The number of thiazole rings is 1. The van der Waals surface area contributed by atoms with Crippen LogP contribution >= 0.6 is 11.3 Å². The maximum Gasteiger partial charge on any atom is 0.185 e. The van der Waals surface area contributed by atoms with E-state index in [9.17, 15) is 0 Å². The zero-order chi connectivity index (χ0) is 10.8. The van der Waals surface area contributed by atoms with Gasteiger partial charge in [0.2, 0.25) is 0 Å². The Hall–Kier alpha value is -0.650. The van der Waals surface area contributed by atoms with Gasteiger partial charge in [0.1, 0.15) is 0 Å². The van der Waals surface area contributed by atoms with E-state index < -0.39 is 0 Å². The molecule has 1 unspecified atom stereocenters. The van der Waals surface area contributed by atoms with Crippen LogP contribution in [0.5, 0.6) is 0 Å². The Labute approximate surface area is 94.3 Å². The molecule has 0 aliphatic carbocycles. The van der Waals surface area contributed by atoms with Gasteiger partial charge in [-0.15, -0.1) is 0 Å². The van der Waals surface area contributed by atoms with Gasteiger partial charge in [-0.05, 0) is 6.92 Å². The smallest absolute Gasteiger partial charge is 0.185 e. The molecular weight excluding hydrogens is 210 g/mol. The standard InChI is InChI=1S/C10H17N3OS/c1-7-9(8-6-14-5-4-11-8)15-10(12-7)13(2)3/h8,11H,4-6H2,1-3H3. The van der Waals surface area contributed by atoms with Crippen LogP contribution < -0.4 is 10.2 Å². The number of aromatic nitrogens is 1. The van der Waals surface area contributed by atoms with E-state index in [-0.39, 0.29) is 0 Å². The van der Waals surface area contributed by atoms with Gasteiger partial charge in [0, 0.05) is 25.5 Å². The van der Waals surface area contributed by atoms with E-state index in [0.29, 0.717) is 6.04 Å². The monoisotopic (exact) mass is 227 g/mol. The van der Waals surface area contributed by atoms with Gasteiger partial charge in [0.05, 0.1) is 24.9 Å². The molecular formula is C10H17N3OS. The van der Waals surface area contributed by atoms with Crippen LogP contribution in [0.25, 0.3) is 0 Å². The van der Waals surface area contributed by atoms with Gasteiger partial charge in [-0.2, -0.15) is 0 Å². The largest absolute Gasteiger partial charge is 0.378 e. The summed E-state index contributed by atoms with van der Waals surface area (Å²) >= 11 is 1.75. The van der Waals surface area contributed by atoms with Crippen LogP contribution in [-0.2, 0) is 4.74 Å². The summed E-state index contributed by atoms with van der Waals surface area (Å²) in [5, 5.41) is 4.52. The van der Waals surface area contributed by atoms with Gasteiger partial charge in [0.15, 0.2) is 5.13 Å². The lowest BCUT2D eigenvalue weighted by molar-refractivity contribution is 0.0777. The fraction of sp³-hybridized carbons (Fsp3) is 0.700. The van der Waals surface area contributed by atoms with Crippen LogP contribution in [-0.4, -0.2) is 38.8 Å². The minimum Gasteiger partial charge on any atom is -0.378 e. The molecule has 15 heavy (non-hydrogen) atoms. The van der Waals surface area contributed by atoms with E-state index in [1.165, 1.54) is 4.88 Å². The topological polar surface area (TPSA) is 37.4 Å². The lowest BCUT2D eigenvalue weighted by Crippen LogP contribution is -2.34. The van der Waals surface area contributed by atoms with E-state index in [1.807, 2.05) is 19.0 Å². The highest BCUT2D eigenvalue weighted by molar-refractivity contribution is 7.15. The molecule has 0 saturated carbocycles. The molecule has 1 aromatic rings. The Morgan fingerprint density at radius 2 is 2.33 bits per heavy atom. The molecule has 5 heteroatoms. The fourth-order valence-corrected chi connectivity index (χ4v) is 2.69. The number of nitrogens with zero attached hydrogens (tertiary/aromatic N) is 2. The first-order chi connectivity index (χ1) is 7.18. The molecule has 2 rings (SSSR count). The molecule has 1 N–H and O–H groups in total. The molecule has 0 aromatic carbocycles. The van der Waals surface area contributed by atoms with Crippen molar-refractivity contribution >= 4 is 16.5 Å². The van der Waals surface area contributed by atoms with Crippen molar-refractivity contribution in [3.8, 4) is 0 Å². The fourth-order valence-electron chi connectivity index (χ4n) is 1.64. The van der Waals surface area contributed by atoms with Crippen LogP contribution in [0.1, 0.15) is 16.6 Å². The Balaban J connectivity index is 2.19. The third-order valence-corrected chi connectivity index (χ3v) is 3.88. The molecule has 1 aromatic heterocycles. The molecule has 0 radical (unpaired) electrons. The van der Waals surface area contributed by atoms with Crippen molar-refractivity contribution in [2.24, 2.45) is 0 Å². The SMILES string of the molecule is Cc1nc(N(C)C)sc1C1COCCN1. The summed E-state index contributed by atoms with van der Waals surface area (Å²) in [5.41, 5.74) is 1.12. The molecule has 4 nitrogen and oxygen atoms in total. The van der Waals surface area contributed by atoms with Gasteiger partial charge >= 0.3 is 0 Å². The van der Waals surface area contributed by atoms with E-state index >= 15 is 0 Å². The summed E-state index contributed by atoms with van der Waals surface area (Å²) in [6, 6.07) is 0.324. The Bertz CT molecular complexity index is 331. The zero-order valence-corrected chi connectivity index (χ0v) is 10.2. The van der Waals surface area contributed by atoms with E-state index in [2.05, 4.69) is 17.2 Å². The Kier molecular flexibility index (Phi) is 3.23. The quantitative estimate of drug-likeness (QED) is 0.823. The van der Waals surface area contributed by atoms with Crippen molar-refractivity contribution < 1.29 is 4.74 Å². The normalized spacial score (nSPS) is 21.7. The number of anilines is 1. The number of aryl methyl sites for hydroxylation is 1. The molecule has 0 amide bonds. The van der Waals surface area contributed by atoms with Crippen molar-refractivity contribution in [3.63, 3.8) is 0 Å². The highest BCUT2D eigenvalue weighted by Gasteiger charge is 2.21. The maximum atomic E-state index is 5.46. The van der Waals surface area contributed by atoms with E-state index in [4.69, 9.17) is 4.74 Å². The van der Waals surface area contributed by atoms with Gasteiger partial charge in [-0.25, -0.2) is 4.98 Å². The van der Waals surface area contributed by atoms with Crippen LogP contribution in [0, 0.1) is 6.92 Å². The van der Waals surface area contributed by atoms with Gasteiger partial charge in [0.25, 0.3) is 0 Å². The predicted octanol–water partition coefficient (Wildman–Crippen LogP) is 1.18. The highest BCUT2D eigenvalue weighted by atomic mass is 32.1. The Morgan fingerprint density at radius 1 is 1.53 bits per heavy atom. The van der Waals surface area contributed by atoms with Gasteiger partial charge < -0.3 is 15.0 Å². The average Bonchev–Trinajstić information content (AvgIpc) is 2.62. The van der Waals surface area contributed by atoms with E-state index in [0.717, 1.165) is 30.6 Å². The number of morpholine rings is 1. The zero-order valence-electron chi connectivity index (χ0n) is 9.41. The minimum absolute atomic E-state index is 0.324. The summed E-state index contributed by atoms with van der Waals surface area (Å²) in [6.45, 7) is 4.57. The third kappa shape index (κ3) is 2.30. The van der Waals surface area contributed by atoms with Crippen LogP contribution in [0.15, 0.2) is 0 Å². The number of ether oxygens (including phenoxy) is 1. The molecule has 1 aliphatic rings. The van der Waals surface area contributed by atoms with Gasteiger partial charge in [-0.3, -0.25) is 0 Å². The molecule has 2 heterocycles. The number of hydrogen-bond acceptors (Lipinski definition) is 5. The molecule has 1 aliphatic heterocycles. The highest BCUT2D eigenvalue weighted by Crippen LogP contribution is 2.30. The number of rotatable bonds is 2. The predicted molar refractivity (Wildman–Crippen MR) is 62.7 cm³/mol. The molecule has 1 atom stereocenters. The summed E-state index contributed by atoms with van der Waals surface area (Å²) < 4.78 is 5.46. The van der Waals surface area contributed by atoms with E-state index in [1.54, 1.807) is 11.3 Å². The van der Waals surface area contributed by atoms with Crippen LogP contribution in [0.2, 0.25) is 0 Å². The first-order valence-electron chi connectivity index (χ1n) is 5.14. The molecule has 0 bridgehead atoms. The minimum atomic E-state index is 0.324.